The maximum Gasteiger partial charge on any atom is 0.191 e. The van der Waals surface area contributed by atoms with Crippen LogP contribution < -0.4 is 15.4 Å². The summed E-state index contributed by atoms with van der Waals surface area (Å²) < 4.78 is 7.68. The van der Waals surface area contributed by atoms with Crippen LogP contribution in [0.2, 0.25) is 0 Å². The largest absolute Gasteiger partial charge is 0.494 e. The Morgan fingerprint density at radius 1 is 1.23 bits per heavy atom. The number of benzene rings is 1. The van der Waals surface area contributed by atoms with Crippen molar-refractivity contribution in [1.29, 1.82) is 0 Å². The van der Waals surface area contributed by atoms with E-state index in [9.17, 15) is 0 Å². The Labute approximate surface area is 156 Å². The van der Waals surface area contributed by atoms with Gasteiger partial charge < -0.3 is 15.4 Å². The van der Waals surface area contributed by atoms with Gasteiger partial charge in [0.05, 0.1) is 12.3 Å². The zero-order chi connectivity index (χ0) is 18.9. The Balaban J connectivity index is 1.88. The van der Waals surface area contributed by atoms with Crippen molar-refractivity contribution >= 4 is 5.96 Å². The van der Waals surface area contributed by atoms with Gasteiger partial charge in [-0.15, -0.1) is 0 Å². The summed E-state index contributed by atoms with van der Waals surface area (Å²) in [7, 11) is 3.75. The third-order valence-corrected chi connectivity index (χ3v) is 4.44. The first-order chi connectivity index (χ1) is 12.5. The number of aliphatic imine (C=N–C) groups is 1. The van der Waals surface area contributed by atoms with E-state index in [0.717, 1.165) is 42.4 Å². The maximum absolute atomic E-state index is 5.77. The second kappa shape index (κ2) is 9.85. The fraction of sp³-hybridized carbons (Fsp3) is 0.500. The summed E-state index contributed by atoms with van der Waals surface area (Å²) in [6, 6.07) is 8.19. The highest BCUT2D eigenvalue weighted by Gasteiger charge is 2.09. The lowest BCUT2D eigenvalue weighted by Crippen LogP contribution is -2.36. The SMILES string of the molecule is CCCCOc1cccc(CNC(=NC)NCc2c(C)nn(C)c2C)c1. The van der Waals surface area contributed by atoms with Crippen molar-refractivity contribution in [3.63, 3.8) is 0 Å². The number of hydrogen-bond acceptors (Lipinski definition) is 3. The van der Waals surface area contributed by atoms with Crippen LogP contribution in [0.25, 0.3) is 0 Å². The molecule has 6 heteroatoms. The topological polar surface area (TPSA) is 63.5 Å². The van der Waals surface area contributed by atoms with Crippen molar-refractivity contribution in [2.75, 3.05) is 13.7 Å². The number of aromatic nitrogens is 2. The first-order valence-electron chi connectivity index (χ1n) is 9.20. The Hall–Kier alpha value is -2.50. The predicted octanol–water partition coefficient (Wildman–Crippen LogP) is 3.08. The fourth-order valence-corrected chi connectivity index (χ4v) is 2.73. The molecule has 2 rings (SSSR count). The molecule has 0 saturated heterocycles. The van der Waals surface area contributed by atoms with Gasteiger partial charge in [-0.2, -0.15) is 5.10 Å². The van der Waals surface area contributed by atoms with Crippen molar-refractivity contribution < 1.29 is 4.74 Å². The Morgan fingerprint density at radius 2 is 2.00 bits per heavy atom. The molecule has 0 unspecified atom stereocenters. The number of unbranched alkanes of at least 4 members (excludes halogenated alkanes) is 1. The average molecular weight is 358 g/mol. The van der Waals surface area contributed by atoms with Crippen molar-refractivity contribution in [3.05, 3.63) is 46.8 Å². The standard InChI is InChI=1S/C20H31N5O/c1-6-7-11-26-18-10-8-9-17(12-18)13-22-20(21-4)23-14-19-15(2)24-25(5)16(19)3/h8-10,12H,6-7,11,13-14H2,1-5H3,(H2,21,22,23). The van der Waals surface area contributed by atoms with Crippen molar-refractivity contribution in [2.45, 2.75) is 46.7 Å². The molecule has 6 nitrogen and oxygen atoms in total. The van der Waals surface area contributed by atoms with Crippen LogP contribution in [0.3, 0.4) is 0 Å². The van der Waals surface area contributed by atoms with Gasteiger partial charge in [0.25, 0.3) is 0 Å². The van der Waals surface area contributed by atoms with Crippen LogP contribution in [-0.2, 0) is 20.1 Å². The summed E-state index contributed by atoms with van der Waals surface area (Å²) in [6.45, 7) is 8.43. The number of guanidine groups is 1. The number of nitrogens with one attached hydrogen (secondary N) is 2. The van der Waals surface area contributed by atoms with Crippen molar-refractivity contribution in [1.82, 2.24) is 20.4 Å². The maximum atomic E-state index is 5.77. The van der Waals surface area contributed by atoms with E-state index >= 15 is 0 Å². The van der Waals surface area contributed by atoms with Gasteiger partial charge in [-0.3, -0.25) is 9.67 Å². The molecule has 0 amide bonds. The lowest BCUT2D eigenvalue weighted by atomic mass is 10.2. The van der Waals surface area contributed by atoms with Gasteiger partial charge in [0, 0.05) is 38.4 Å². The number of ether oxygens (including phenoxy) is 1. The Kier molecular flexibility index (Phi) is 7.51. The minimum absolute atomic E-state index is 0.690. The van der Waals surface area contributed by atoms with E-state index in [0.29, 0.717) is 13.1 Å². The summed E-state index contributed by atoms with van der Waals surface area (Å²) in [5.41, 5.74) is 4.59. The molecule has 0 aliphatic rings. The van der Waals surface area contributed by atoms with Crippen LogP contribution in [0, 0.1) is 13.8 Å². The summed E-state index contributed by atoms with van der Waals surface area (Å²) in [5, 5.41) is 11.2. The molecular weight excluding hydrogens is 326 g/mol. The molecule has 0 saturated carbocycles. The average Bonchev–Trinajstić information content (AvgIpc) is 2.88. The molecule has 0 bridgehead atoms. The molecule has 0 aliphatic carbocycles. The number of nitrogens with zero attached hydrogens (tertiary/aromatic N) is 3. The van der Waals surface area contributed by atoms with E-state index in [1.54, 1.807) is 7.05 Å². The quantitative estimate of drug-likeness (QED) is 0.433. The lowest BCUT2D eigenvalue weighted by Gasteiger charge is -2.13. The highest BCUT2D eigenvalue weighted by molar-refractivity contribution is 5.79. The van der Waals surface area contributed by atoms with Crippen LogP contribution in [0.5, 0.6) is 5.75 Å². The zero-order valence-corrected chi connectivity index (χ0v) is 16.6. The first kappa shape index (κ1) is 19.8. The van der Waals surface area contributed by atoms with Gasteiger partial charge in [0.2, 0.25) is 0 Å². The summed E-state index contributed by atoms with van der Waals surface area (Å²) in [6.07, 6.45) is 2.21. The summed E-state index contributed by atoms with van der Waals surface area (Å²) in [5.74, 6) is 1.69. The monoisotopic (exact) mass is 357 g/mol. The fourth-order valence-electron chi connectivity index (χ4n) is 2.73. The van der Waals surface area contributed by atoms with E-state index in [4.69, 9.17) is 4.74 Å². The Morgan fingerprint density at radius 3 is 2.65 bits per heavy atom. The highest BCUT2D eigenvalue weighted by Crippen LogP contribution is 2.14. The van der Waals surface area contributed by atoms with Gasteiger partial charge in [0.15, 0.2) is 5.96 Å². The molecule has 1 heterocycles. The molecule has 0 fully saturated rings. The van der Waals surface area contributed by atoms with Gasteiger partial charge >= 0.3 is 0 Å². The highest BCUT2D eigenvalue weighted by atomic mass is 16.5. The molecule has 2 aromatic rings. The minimum atomic E-state index is 0.690. The molecule has 2 N–H and O–H groups in total. The third kappa shape index (κ3) is 5.51. The number of hydrogen-bond donors (Lipinski definition) is 2. The van der Waals surface area contributed by atoms with Crippen LogP contribution in [0.1, 0.15) is 42.3 Å². The lowest BCUT2D eigenvalue weighted by molar-refractivity contribution is 0.309. The minimum Gasteiger partial charge on any atom is -0.494 e. The van der Waals surface area contributed by atoms with E-state index in [1.807, 2.05) is 30.8 Å². The third-order valence-electron chi connectivity index (χ3n) is 4.44. The summed E-state index contributed by atoms with van der Waals surface area (Å²) >= 11 is 0. The van der Waals surface area contributed by atoms with Gasteiger partial charge in [-0.05, 0) is 38.0 Å². The second-order valence-corrected chi connectivity index (χ2v) is 6.40. The van der Waals surface area contributed by atoms with Crippen molar-refractivity contribution in [3.8, 4) is 5.75 Å². The molecular formula is C20H31N5O. The predicted molar refractivity (Wildman–Crippen MR) is 107 cm³/mol. The molecule has 1 aromatic carbocycles. The summed E-state index contributed by atoms with van der Waals surface area (Å²) in [4.78, 5) is 4.30. The Bertz CT molecular complexity index is 736. The van der Waals surface area contributed by atoms with Gasteiger partial charge in [0.1, 0.15) is 5.75 Å². The first-order valence-corrected chi connectivity index (χ1v) is 9.20. The van der Waals surface area contributed by atoms with E-state index in [1.165, 1.54) is 11.3 Å². The van der Waals surface area contributed by atoms with Crippen LogP contribution in [-0.4, -0.2) is 29.4 Å². The number of rotatable bonds is 8. The van der Waals surface area contributed by atoms with Crippen LogP contribution in [0.4, 0.5) is 0 Å². The van der Waals surface area contributed by atoms with Crippen LogP contribution >= 0.6 is 0 Å². The molecule has 0 spiro atoms. The molecule has 0 aliphatic heterocycles. The van der Waals surface area contributed by atoms with Crippen LogP contribution in [0.15, 0.2) is 29.3 Å². The van der Waals surface area contributed by atoms with E-state index < -0.39 is 0 Å². The number of aryl methyl sites for hydroxylation is 2. The second-order valence-electron chi connectivity index (χ2n) is 6.40. The van der Waals surface area contributed by atoms with E-state index in [2.05, 4.69) is 46.7 Å². The molecule has 1 aromatic heterocycles. The normalized spacial score (nSPS) is 11.5. The zero-order valence-electron chi connectivity index (χ0n) is 16.6. The molecule has 0 atom stereocenters. The molecule has 142 valence electrons. The van der Waals surface area contributed by atoms with E-state index in [-0.39, 0.29) is 0 Å². The van der Waals surface area contributed by atoms with Gasteiger partial charge in [-0.1, -0.05) is 25.5 Å². The molecule has 26 heavy (non-hydrogen) atoms. The van der Waals surface area contributed by atoms with Crippen molar-refractivity contribution in [2.24, 2.45) is 12.0 Å². The smallest absolute Gasteiger partial charge is 0.191 e. The molecule has 0 radical (unpaired) electrons. The van der Waals surface area contributed by atoms with Gasteiger partial charge in [-0.25, -0.2) is 0 Å².